The minimum Gasteiger partial charge on any atom is -0.469 e. The molecule has 3 rings (SSSR count). The van der Waals surface area contributed by atoms with Gasteiger partial charge in [0, 0.05) is 0 Å². The summed E-state index contributed by atoms with van der Waals surface area (Å²) < 4.78 is 4.87. The van der Waals surface area contributed by atoms with E-state index in [1.807, 2.05) is 0 Å². The molecule has 0 heterocycles. The third-order valence-electron chi connectivity index (χ3n) is 4.94. The first-order chi connectivity index (χ1) is 8.75. The number of carbonyl (C=O) groups excluding carboxylic acids is 1. The first-order valence-corrected chi connectivity index (χ1v) is 6.91. The number of fused-ring (bicyclic) bond motifs is 2. The van der Waals surface area contributed by atoms with E-state index in [1.54, 1.807) is 5.56 Å². The topological polar surface area (TPSA) is 26.3 Å². The fraction of sp³-hybridized carbons (Fsp3) is 0.562. The van der Waals surface area contributed by atoms with Gasteiger partial charge in [0.15, 0.2) is 0 Å². The van der Waals surface area contributed by atoms with Crippen LogP contribution in [0.4, 0.5) is 0 Å². The molecule has 1 saturated carbocycles. The Kier molecular flexibility index (Phi) is 2.89. The Balaban J connectivity index is 1.79. The summed E-state index contributed by atoms with van der Waals surface area (Å²) in [6.45, 7) is 0. The molecule has 2 aliphatic rings. The van der Waals surface area contributed by atoms with Gasteiger partial charge < -0.3 is 4.74 Å². The van der Waals surface area contributed by atoms with Crippen molar-refractivity contribution in [2.45, 2.75) is 43.9 Å². The highest BCUT2D eigenvalue weighted by Crippen LogP contribution is 2.49. The van der Waals surface area contributed by atoms with E-state index in [-0.39, 0.29) is 11.9 Å². The van der Waals surface area contributed by atoms with Gasteiger partial charge in [0.05, 0.1) is 13.0 Å². The molecule has 1 fully saturated rings. The van der Waals surface area contributed by atoms with Gasteiger partial charge in [0.1, 0.15) is 0 Å². The molecular weight excluding hydrogens is 224 g/mol. The number of aryl methyl sites for hydroxylation is 1. The fourth-order valence-electron chi connectivity index (χ4n) is 3.86. The molecule has 0 aromatic heterocycles. The molecule has 1 aromatic rings. The van der Waals surface area contributed by atoms with E-state index in [0.717, 1.165) is 25.7 Å². The van der Waals surface area contributed by atoms with Gasteiger partial charge in [0.2, 0.25) is 0 Å². The third kappa shape index (κ3) is 1.75. The van der Waals surface area contributed by atoms with E-state index in [1.165, 1.54) is 25.5 Å². The number of methoxy groups -OCH3 is 1. The summed E-state index contributed by atoms with van der Waals surface area (Å²) in [5, 5.41) is 0. The lowest BCUT2D eigenvalue weighted by atomic mass is 9.67. The van der Waals surface area contributed by atoms with Gasteiger partial charge in [-0.1, -0.05) is 24.3 Å². The number of ether oxygens (including phenoxy) is 1. The number of hydrogen-bond acceptors (Lipinski definition) is 2. The minimum atomic E-state index is -0.0175. The van der Waals surface area contributed by atoms with Gasteiger partial charge in [0.25, 0.3) is 0 Å². The van der Waals surface area contributed by atoms with E-state index in [0.29, 0.717) is 5.41 Å². The van der Waals surface area contributed by atoms with Crippen LogP contribution in [0.15, 0.2) is 24.3 Å². The van der Waals surface area contributed by atoms with Gasteiger partial charge in [-0.3, -0.25) is 4.79 Å². The summed E-state index contributed by atoms with van der Waals surface area (Å²) in [6, 6.07) is 8.84. The van der Waals surface area contributed by atoms with Crippen LogP contribution in [0.5, 0.6) is 0 Å². The van der Waals surface area contributed by atoms with E-state index < -0.39 is 0 Å². The van der Waals surface area contributed by atoms with Gasteiger partial charge in [-0.2, -0.15) is 0 Å². The van der Waals surface area contributed by atoms with Crippen LogP contribution in [0.25, 0.3) is 0 Å². The highest BCUT2D eigenvalue weighted by molar-refractivity contribution is 5.72. The van der Waals surface area contributed by atoms with Crippen molar-refractivity contribution >= 4 is 5.97 Å². The molecule has 0 atom stereocenters. The SMILES string of the molecule is COC(=O)C1CCC2(CCc3ccccc32)CC1. The second kappa shape index (κ2) is 4.42. The molecule has 18 heavy (non-hydrogen) atoms. The average molecular weight is 244 g/mol. The largest absolute Gasteiger partial charge is 0.469 e. The number of hydrogen-bond donors (Lipinski definition) is 0. The number of benzene rings is 1. The highest BCUT2D eigenvalue weighted by Gasteiger charge is 2.42. The standard InChI is InChI=1S/C16H20O2/c1-18-15(17)13-7-10-16(11-8-13)9-6-12-4-2-3-5-14(12)16/h2-5,13H,6-11H2,1H3. The normalized spacial score (nSPS) is 30.2. The molecule has 0 unspecified atom stereocenters. The van der Waals surface area contributed by atoms with Crippen LogP contribution in [0, 0.1) is 5.92 Å². The zero-order valence-electron chi connectivity index (χ0n) is 10.9. The summed E-state index contributed by atoms with van der Waals surface area (Å²) in [7, 11) is 1.50. The van der Waals surface area contributed by atoms with Crippen LogP contribution in [-0.2, 0) is 21.4 Å². The van der Waals surface area contributed by atoms with E-state index in [4.69, 9.17) is 4.74 Å². The lowest BCUT2D eigenvalue weighted by molar-refractivity contribution is -0.147. The molecular formula is C16H20O2. The van der Waals surface area contributed by atoms with Crippen molar-refractivity contribution in [1.29, 1.82) is 0 Å². The Morgan fingerprint density at radius 3 is 2.67 bits per heavy atom. The summed E-state index contributed by atoms with van der Waals surface area (Å²) in [5.41, 5.74) is 3.43. The Morgan fingerprint density at radius 2 is 1.94 bits per heavy atom. The van der Waals surface area contributed by atoms with Crippen LogP contribution in [-0.4, -0.2) is 13.1 Å². The number of carbonyl (C=O) groups is 1. The first-order valence-electron chi connectivity index (χ1n) is 6.91. The van der Waals surface area contributed by atoms with Crippen molar-refractivity contribution in [3.63, 3.8) is 0 Å². The zero-order chi connectivity index (χ0) is 12.6. The molecule has 2 aliphatic carbocycles. The quantitative estimate of drug-likeness (QED) is 0.709. The lowest BCUT2D eigenvalue weighted by Crippen LogP contribution is -2.32. The molecule has 2 heteroatoms. The Bertz CT molecular complexity index is 456. The Hall–Kier alpha value is -1.31. The van der Waals surface area contributed by atoms with Crippen molar-refractivity contribution in [1.82, 2.24) is 0 Å². The van der Waals surface area contributed by atoms with E-state index in [9.17, 15) is 4.79 Å². The molecule has 2 nitrogen and oxygen atoms in total. The second-order valence-electron chi connectivity index (χ2n) is 5.73. The number of esters is 1. The van der Waals surface area contributed by atoms with Crippen LogP contribution < -0.4 is 0 Å². The van der Waals surface area contributed by atoms with Crippen molar-refractivity contribution in [3.05, 3.63) is 35.4 Å². The van der Waals surface area contributed by atoms with Crippen molar-refractivity contribution < 1.29 is 9.53 Å². The average Bonchev–Trinajstić information content (AvgIpc) is 2.78. The molecule has 1 spiro atoms. The fourth-order valence-corrected chi connectivity index (χ4v) is 3.86. The van der Waals surface area contributed by atoms with E-state index >= 15 is 0 Å². The first kappa shape index (κ1) is 11.8. The maximum atomic E-state index is 11.6. The van der Waals surface area contributed by atoms with Crippen molar-refractivity contribution in [3.8, 4) is 0 Å². The van der Waals surface area contributed by atoms with Gasteiger partial charge in [-0.15, -0.1) is 0 Å². The minimum absolute atomic E-state index is 0.0175. The molecule has 1 aromatic carbocycles. The summed E-state index contributed by atoms with van der Waals surface area (Å²) >= 11 is 0. The molecule has 96 valence electrons. The van der Waals surface area contributed by atoms with Crippen molar-refractivity contribution in [2.75, 3.05) is 7.11 Å². The van der Waals surface area contributed by atoms with Gasteiger partial charge in [-0.25, -0.2) is 0 Å². The van der Waals surface area contributed by atoms with Crippen molar-refractivity contribution in [2.24, 2.45) is 5.92 Å². The van der Waals surface area contributed by atoms with Crippen LogP contribution in [0.1, 0.15) is 43.2 Å². The summed E-state index contributed by atoms with van der Waals surface area (Å²) in [6.07, 6.45) is 6.73. The number of rotatable bonds is 1. The van der Waals surface area contributed by atoms with Crippen LogP contribution in [0.3, 0.4) is 0 Å². The molecule has 0 N–H and O–H groups in total. The zero-order valence-corrected chi connectivity index (χ0v) is 10.9. The predicted molar refractivity (Wildman–Crippen MR) is 70.4 cm³/mol. The van der Waals surface area contributed by atoms with Gasteiger partial charge >= 0.3 is 5.97 Å². The maximum Gasteiger partial charge on any atom is 0.308 e. The molecule has 0 bridgehead atoms. The second-order valence-corrected chi connectivity index (χ2v) is 5.73. The third-order valence-corrected chi connectivity index (χ3v) is 4.94. The lowest BCUT2D eigenvalue weighted by Gasteiger charge is -2.37. The molecule has 0 radical (unpaired) electrons. The summed E-state index contributed by atoms with van der Waals surface area (Å²) in [4.78, 5) is 11.6. The van der Waals surface area contributed by atoms with Crippen LogP contribution in [0.2, 0.25) is 0 Å². The molecule has 0 saturated heterocycles. The summed E-state index contributed by atoms with van der Waals surface area (Å²) in [5.74, 6) is 0.115. The predicted octanol–water partition coefficient (Wildman–Crippen LogP) is 3.23. The Morgan fingerprint density at radius 1 is 1.22 bits per heavy atom. The van der Waals surface area contributed by atoms with E-state index in [2.05, 4.69) is 24.3 Å². The monoisotopic (exact) mass is 244 g/mol. The smallest absolute Gasteiger partial charge is 0.308 e. The van der Waals surface area contributed by atoms with Gasteiger partial charge in [-0.05, 0) is 55.1 Å². The molecule has 0 amide bonds. The Labute approximate surface area is 108 Å². The van der Waals surface area contributed by atoms with Crippen LogP contribution >= 0.6 is 0 Å². The maximum absolute atomic E-state index is 11.6. The molecule has 0 aliphatic heterocycles. The highest BCUT2D eigenvalue weighted by atomic mass is 16.5.